The van der Waals surface area contributed by atoms with Crippen LogP contribution in [0.2, 0.25) is 0 Å². The number of allylic oxidation sites excluding steroid dienone is 2. The third kappa shape index (κ3) is 4.78. The first kappa shape index (κ1) is 23.0. The summed E-state index contributed by atoms with van der Waals surface area (Å²) in [5, 5.41) is 19.6. The molecule has 0 bridgehead atoms. The Hall–Kier alpha value is -3.19. The SMILES string of the molecule is CC1C=C(C(=O)O)N2C(=O)C(NC(=O)C(=NOC3=CCCCC3)c3csc(NC=O)n3)[C@@H]2S1. The van der Waals surface area contributed by atoms with Gasteiger partial charge in [-0.1, -0.05) is 5.16 Å². The number of nitrogens with zero attached hydrogens (tertiary/aromatic N) is 3. The lowest BCUT2D eigenvalue weighted by Crippen LogP contribution is -2.71. The molecular weight excluding hydrogens is 470 g/mol. The number of aliphatic carboxylic acids is 1. The first-order valence-electron chi connectivity index (χ1n) is 10.2. The lowest BCUT2D eigenvalue weighted by Gasteiger charge is -2.49. The molecule has 0 saturated carbocycles. The van der Waals surface area contributed by atoms with Crippen molar-refractivity contribution < 1.29 is 29.1 Å². The van der Waals surface area contributed by atoms with Gasteiger partial charge in [-0.25, -0.2) is 9.78 Å². The maximum atomic E-state index is 13.1. The minimum absolute atomic E-state index is 0.0905. The van der Waals surface area contributed by atoms with Crippen LogP contribution in [-0.4, -0.2) is 61.6 Å². The van der Waals surface area contributed by atoms with E-state index in [1.54, 1.807) is 5.38 Å². The fraction of sp³-hybridized carbons (Fsp3) is 0.400. The zero-order valence-electron chi connectivity index (χ0n) is 17.5. The van der Waals surface area contributed by atoms with Crippen molar-refractivity contribution in [1.29, 1.82) is 0 Å². The van der Waals surface area contributed by atoms with Crippen LogP contribution in [0.4, 0.5) is 5.13 Å². The van der Waals surface area contributed by atoms with E-state index >= 15 is 0 Å². The summed E-state index contributed by atoms with van der Waals surface area (Å²) in [5.74, 6) is -1.75. The second-order valence-corrected chi connectivity index (χ2v) is 9.85. The summed E-state index contributed by atoms with van der Waals surface area (Å²) in [4.78, 5) is 58.9. The van der Waals surface area contributed by atoms with Crippen LogP contribution in [0.15, 0.2) is 34.1 Å². The van der Waals surface area contributed by atoms with Gasteiger partial charge in [0, 0.05) is 17.1 Å². The number of hydrogen-bond acceptors (Lipinski definition) is 9. The van der Waals surface area contributed by atoms with E-state index in [9.17, 15) is 24.3 Å². The molecule has 0 spiro atoms. The van der Waals surface area contributed by atoms with Crippen molar-refractivity contribution >= 4 is 58.1 Å². The van der Waals surface area contributed by atoms with E-state index in [1.807, 2.05) is 13.0 Å². The van der Waals surface area contributed by atoms with Crippen molar-refractivity contribution in [3.05, 3.63) is 34.7 Å². The van der Waals surface area contributed by atoms with Crippen LogP contribution < -0.4 is 10.6 Å². The number of anilines is 1. The Morgan fingerprint density at radius 2 is 2.21 bits per heavy atom. The first-order valence-corrected chi connectivity index (χ1v) is 12.1. The number of carboxylic acid groups (broad SMARTS) is 1. The second-order valence-electron chi connectivity index (χ2n) is 7.50. The minimum Gasteiger partial charge on any atom is -0.477 e. The Balaban J connectivity index is 1.54. The van der Waals surface area contributed by atoms with Gasteiger partial charge in [0.2, 0.25) is 6.41 Å². The maximum absolute atomic E-state index is 13.1. The van der Waals surface area contributed by atoms with E-state index in [-0.39, 0.29) is 27.5 Å². The number of thioether (sulfide) groups is 1. The number of β-lactam (4-membered cyclic amide) rings is 1. The molecule has 3 N–H and O–H groups in total. The van der Waals surface area contributed by atoms with Gasteiger partial charge < -0.3 is 20.6 Å². The molecule has 3 aliphatic rings. The smallest absolute Gasteiger partial charge is 0.352 e. The molecule has 1 aliphatic carbocycles. The Bertz CT molecular complexity index is 1080. The third-order valence-corrected chi connectivity index (χ3v) is 7.30. The predicted molar refractivity (Wildman–Crippen MR) is 121 cm³/mol. The number of thiazole rings is 1. The average molecular weight is 492 g/mol. The summed E-state index contributed by atoms with van der Waals surface area (Å²) in [5.41, 5.74) is -0.0595. The van der Waals surface area contributed by atoms with Crippen LogP contribution >= 0.6 is 23.1 Å². The summed E-state index contributed by atoms with van der Waals surface area (Å²) in [6, 6.07) is -0.918. The Kier molecular flexibility index (Phi) is 6.79. The molecule has 1 saturated heterocycles. The van der Waals surface area contributed by atoms with E-state index in [1.165, 1.54) is 22.7 Å². The van der Waals surface area contributed by atoms with Crippen molar-refractivity contribution in [2.24, 2.45) is 5.16 Å². The van der Waals surface area contributed by atoms with E-state index in [4.69, 9.17) is 4.84 Å². The van der Waals surface area contributed by atoms with E-state index in [0.29, 0.717) is 18.6 Å². The number of hydrogen-bond donors (Lipinski definition) is 3. The highest BCUT2D eigenvalue weighted by Crippen LogP contribution is 2.40. The molecule has 174 valence electrons. The fourth-order valence-corrected chi connectivity index (χ4v) is 5.62. The number of aromatic nitrogens is 1. The largest absolute Gasteiger partial charge is 0.477 e. The Morgan fingerprint density at radius 3 is 2.91 bits per heavy atom. The Morgan fingerprint density at radius 1 is 1.39 bits per heavy atom. The van der Waals surface area contributed by atoms with Crippen LogP contribution in [-0.2, 0) is 24.0 Å². The van der Waals surface area contributed by atoms with Crippen LogP contribution in [0, 0.1) is 0 Å². The summed E-state index contributed by atoms with van der Waals surface area (Å²) in [6.07, 6.45) is 7.46. The first-order chi connectivity index (χ1) is 15.9. The predicted octanol–water partition coefficient (Wildman–Crippen LogP) is 1.65. The highest BCUT2D eigenvalue weighted by molar-refractivity contribution is 8.00. The van der Waals surface area contributed by atoms with Crippen LogP contribution in [0.1, 0.15) is 38.3 Å². The van der Waals surface area contributed by atoms with Crippen molar-refractivity contribution in [3.8, 4) is 0 Å². The minimum atomic E-state index is -1.20. The Labute approximate surface area is 196 Å². The van der Waals surface area contributed by atoms with Crippen molar-refractivity contribution in [3.63, 3.8) is 0 Å². The average Bonchev–Trinajstić information content (AvgIpc) is 3.26. The standard InChI is InChI=1S/C20H21N5O6S2/c1-10-7-13(19(29)30)25-17(28)15(18(25)33-10)23-16(27)14(12-8-32-20(22-12)21-9-26)24-31-11-5-3-2-4-6-11/h5,7-10,15,18H,2-4,6H2,1H3,(H,23,27)(H,29,30)(H,21,22,26)/t10?,15?,18-/m0/s1. The molecule has 11 nitrogen and oxygen atoms in total. The molecule has 3 heterocycles. The van der Waals surface area contributed by atoms with Gasteiger partial charge in [0.25, 0.3) is 11.8 Å². The number of oxime groups is 1. The number of nitrogens with one attached hydrogen (secondary N) is 2. The van der Waals surface area contributed by atoms with Gasteiger partial charge in [-0.05, 0) is 38.3 Å². The van der Waals surface area contributed by atoms with Gasteiger partial charge in [0.15, 0.2) is 10.8 Å². The molecule has 13 heteroatoms. The highest BCUT2D eigenvalue weighted by atomic mass is 32.2. The normalized spacial score (nSPS) is 24.6. The van der Waals surface area contributed by atoms with Gasteiger partial charge in [-0.3, -0.25) is 19.3 Å². The highest BCUT2D eigenvalue weighted by Gasteiger charge is 2.54. The lowest BCUT2D eigenvalue weighted by molar-refractivity contribution is -0.150. The number of fused-ring (bicyclic) bond motifs is 1. The van der Waals surface area contributed by atoms with Crippen LogP contribution in [0.5, 0.6) is 0 Å². The topological polar surface area (TPSA) is 150 Å². The summed E-state index contributed by atoms with van der Waals surface area (Å²) in [6.45, 7) is 1.82. The van der Waals surface area contributed by atoms with Crippen molar-refractivity contribution in [2.75, 3.05) is 5.32 Å². The van der Waals surface area contributed by atoms with Crippen molar-refractivity contribution in [2.45, 2.75) is 49.3 Å². The van der Waals surface area contributed by atoms with Gasteiger partial charge in [-0.15, -0.1) is 23.1 Å². The van der Waals surface area contributed by atoms with Gasteiger partial charge >= 0.3 is 5.97 Å². The fourth-order valence-electron chi connectivity index (χ4n) is 3.64. The molecule has 1 aromatic rings. The van der Waals surface area contributed by atoms with Crippen molar-refractivity contribution in [1.82, 2.24) is 15.2 Å². The second kappa shape index (κ2) is 9.75. The molecule has 2 aliphatic heterocycles. The van der Waals surface area contributed by atoms with Crippen LogP contribution in [0.3, 0.4) is 0 Å². The molecular formula is C20H21N5O6S2. The molecule has 1 aromatic heterocycles. The quantitative estimate of drug-likeness (QED) is 0.215. The monoisotopic (exact) mass is 491 g/mol. The lowest BCUT2D eigenvalue weighted by atomic mass is 10.0. The third-order valence-electron chi connectivity index (χ3n) is 5.20. The van der Waals surface area contributed by atoms with E-state index < -0.39 is 29.2 Å². The van der Waals surface area contributed by atoms with Gasteiger partial charge in [0.05, 0.1) is 0 Å². The summed E-state index contributed by atoms with van der Waals surface area (Å²) in [7, 11) is 0. The summed E-state index contributed by atoms with van der Waals surface area (Å²) >= 11 is 2.48. The van der Waals surface area contributed by atoms with E-state index in [2.05, 4.69) is 20.8 Å². The number of carbonyl (C=O) groups excluding carboxylic acids is 3. The van der Waals surface area contributed by atoms with Gasteiger partial charge in [0.1, 0.15) is 28.6 Å². The zero-order valence-corrected chi connectivity index (χ0v) is 19.1. The van der Waals surface area contributed by atoms with Gasteiger partial charge in [-0.2, -0.15) is 0 Å². The molecule has 0 aromatic carbocycles. The number of carboxylic acids is 1. The molecule has 1 fully saturated rings. The molecule has 3 atom stereocenters. The molecule has 0 radical (unpaired) electrons. The molecule has 4 rings (SSSR count). The number of rotatable bonds is 8. The maximum Gasteiger partial charge on any atom is 0.352 e. The zero-order chi connectivity index (χ0) is 23.5. The number of amides is 3. The molecule has 3 amide bonds. The van der Waals surface area contributed by atoms with Crippen LogP contribution in [0.25, 0.3) is 0 Å². The number of carbonyl (C=O) groups is 4. The molecule has 33 heavy (non-hydrogen) atoms. The summed E-state index contributed by atoms with van der Waals surface area (Å²) < 4.78 is 0. The van der Waals surface area contributed by atoms with E-state index in [0.717, 1.165) is 30.6 Å². The molecule has 2 unspecified atom stereocenters.